The van der Waals surface area contributed by atoms with E-state index in [1.165, 1.54) is 12.3 Å². The van der Waals surface area contributed by atoms with Gasteiger partial charge in [-0.2, -0.15) is 11.8 Å². The second-order valence-corrected chi connectivity index (χ2v) is 6.47. The topological polar surface area (TPSA) is 68.1 Å². The van der Waals surface area contributed by atoms with Gasteiger partial charge in [0.25, 0.3) is 0 Å². The SMILES string of the molecule is CC(C)(C)SCCNc1ccc([N+](=O)[O-])nc1. The molecule has 94 valence electrons. The Morgan fingerprint density at radius 2 is 2.18 bits per heavy atom. The lowest BCUT2D eigenvalue weighted by Crippen LogP contribution is -2.13. The van der Waals surface area contributed by atoms with E-state index in [9.17, 15) is 10.1 Å². The largest absolute Gasteiger partial charge is 0.381 e. The van der Waals surface area contributed by atoms with Crippen molar-refractivity contribution in [2.75, 3.05) is 17.6 Å². The number of aromatic nitrogens is 1. The predicted octanol–water partition coefficient (Wildman–Crippen LogP) is 2.93. The van der Waals surface area contributed by atoms with Gasteiger partial charge in [-0.05, 0) is 16.0 Å². The molecule has 0 aromatic carbocycles. The Morgan fingerprint density at radius 3 is 2.65 bits per heavy atom. The molecule has 0 saturated carbocycles. The molecule has 0 amide bonds. The molecule has 0 fully saturated rings. The Kier molecular flexibility index (Phi) is 4.74. The molecule has 1 aromatic rings. The van der Waals surface area contributed by atoms with E-state index in [2.05, 4.69) is 31.1 Å². The van der Waals surface area contributed by atoms with Gasteiger partial charge in [0.1, 0.15) is 0 Å². The molecular formula is C11H17N3O2S. The number of anilines is 1. The summed E-state index contributed by atoms with van der Waals surface area (Å²) in [5, 5.41) is 13.6. The summed E-state index contributed by atoms with van der Waals surface area (Å²) in [5.74, 6) is 0.861. The van der Waals surface area contributed by atoms with Gasteiger partial charge in [0.2, 0.25) is 0 Å². The molecular weight excluding hydrogens is 238 g/mol. The standard InChI is InChI=1S/C11H17N3O2S/c1-11(2,3)17-7-6-12-9-4-5-10(13-8-9)14(15)16/h4-5,8,12H,6-7H2,1-3H3. The van der Waals surface area contributed by atoms with Crippen LogP contribution in [0.2, 0.25) is 0 Å². The van der Waals surface area contributed by atoms with Gasteiger partial charge in [0.05, 0.1) is 5.69 Å². The number of nitrogens with zero attached hydrogens (tertiary/aromatic N) is 2. The number of nitrogens with one attached hydrogen (secondary N) is 1. The first-order valence-corrected chi connectivity index (χ1v) is 6.35. The molecule has 1 N–H and O–H groups in total. The molecule has 0 bridgehead atoms. The van der Waals surface area contributed by atoms with E-state index in [0.29, 0.717) is 0 Å². The van der Waals surface area contributed by atoms with E-state index in [1.807, 2.05) is 11.8 Å². The van der Waals surface area contributed by atoms with E-state index in [4.69, 9.17) is 0 Å². The van der Waals surface area contributed by atoms with Crippen LogP contribution in [0.15, 0.2) is 18.3 Å². The maximum atomic E-state index is 10.4. The summed E-state index contributed by atoms with van der Waals surface area (Å²) < 4.78 is 0.259. The van der Waals surface area contributed by atoms with Crippen molar-refractivity contribution in [3.05, 3.63) is 28.4 Å². The minimum atomic E-state index is -0.501. The van der Waals surface area contributed by atoms with Crippen molar-refractivity contribution >= 4 is 23.3 Å². The van der Waals surface area contributed by atoms with Gasteiger partial charge in [0.15, 0.2) is 6.20 Å². The van der Waals surface area contributed by atoms with Crippen LogP contribution in [0.4, 0.5) is 11.5 Å². The molecule has 6 heteroatoms. The Bertz CT molecular complexity index is 373. The summed E-state index contributed by atoms with van der Waals surface area (Å²) in [6.07, 6.45) is 1.49. The van der Waals surface area contributed by atoms with Crippen molar-refractivity contribution < 1.29 is 4.92 Å². The van der Waals surface area contributed by atoms with Gasteiger partial charge in [0, 0.05) is 23.1 Å². The zero-order valence-corrected chi connectivity index (χ0v) is 11.1. The minimum Gasteiger partial charge on any atom is -0.381 e. The highest BCUT2D eigenvalue weighted by Gasteiger charge is 2.10. The van der Waals surface area contributed by atoms with Crippen LogP contribution in [0.3, 0.4) is 0 Å². The molecule has 1 heterocycles. The van der Waals surface area contributed by atoms with E-state index in [1.54, 1.807) is 6.07 Å². The summed E-state index contributed by atoms with van der Waals surface area (Å²) in [6, 6.07) is 3.08. The molecule has 0 aliphatic heterocycles. The zero-order chi connectivity index (χ0) is 12.9. The fraction of sp³-hybridized carbons (Fsp3) is 0.545. The van der Waals surface area contributed by atoms with Crippen LogP contribution >= 0.6 is 11.8 Å². The normalized spacial score (nSPS) is 11.2. The van der Waals surface area contributed by atoms with Gasteiger partial charge in [-0.3, -0.25) is 0 Å². The number of thioether (sulfide) groups is 1. The van der Waals surface area contributed by atoms with Crippen LogP contribution in [0.5, 0.6) is 0 Å². The zero-order valence-electron chi connectivity index (χ0n) is 10.3. The molecule has 0 unspecified atom stereocenters. The predicted molar refractivity (Wildman–Crippen MR) is 71.6 cm³/mol. The van der Waals surface area contributed by atoms with Gasteiger partial charge >= 0.3 is 5.82 Å². The van der Waals surface area contributed by atoms with Crippen LogP contribution in [0, 0.1) is 10.1 Å². The second-order valence-electron chi connectivity index (χ2n) is 4.55. The lowest BCUT2D eigenvalue weighted by Gasteiger charge is -2.17. The van der Waals surface area contributed by atoms with Crippen molar-refractivity contribution in [1.29, 1.82) is 0 Å². The minimum absolute atomic E-state index is 0.125. The first-order chi connectivity index (χ1) is 7.88. The fourth-order valence-electron chi connectivity index (χ4n) is 1.15. The third kappa shape index (κ3) is 5.53. The summed E-state index contributed by atoms with van der Waals surface area (Å²) in [7, 11) is 0. The van der Waals surface area contributed by atoms with Crippen LogP contribution < -0.4 is 5.32 Å². The lowest BCUT2D eigenvalue weighted by molar-refractivity contribution is -0.389. The highest BCUT2D eigenvalue weighted by atomic mass is 32.2. The number of rotatable bonds is 5. The summed E-state index contributed by atoms with van der Waals surface area (Å²) in [6.45, 7) is 7.34. The number of nitro groups is 1. The molecule has 0 aliphatic rings. The third-order valence-electron chi connectivity index (χ3n) is 1.90. The van der Waals surface area contributed by atoms with Gasteiger partial charge in [-0.25, -0.2) is 0 Å². The van der Waals surface area contributed by atoms with Crippen LogP contribution in [-0.2, 0) is 0 Å². The van der Waals surface area contributed by atoms with E-state index in [0.717, 1.165) is 18.0 Å². The summed E-state index contributed by atoms with van der Waals surface area (Å²) in [5.41, 5.74) is 0.810. The molecule has 1 aromatic heterocycles. The third-order valence-corrected chi connectivity index (χ3v) is 3.18. The molecule has 17 heavy (non-hydrogen) atoms. The lowest BCUT2D eigenvalue weighted by atomic mass is 10.3. The van der Waals surface area contributed by atoms with Gasteiger partial charge < -0.3 is 15.4 Å². The van der Waals surface area contributed by atoms with Crippen molar-refractivity contribution in [2.24, 2.45) is 0 Å². The Labute approximate surface area is 105 Å². The first-order valence-electron chi connectivity index (χ1n) is 5.37. The second kappa shape index (κ2) is 5.86. The molecule has 0 spiro atoms. The Balaban J connectivity index is 2.35. The van der Waals surface area contributed by atoms with Crippen molar-refractivity contribution in [3.8, 4) is 0 Å². The van der Waals surface area contributed by atoms with Crippen molar-refractivity contribution in [2.45, 2.75) is 25.5 Å². The van der Waals surface area contributed by atoms with Crippen molar-refractivity contribution in [3.63, 3.8) is 0 Å². The smallest absolute Gasteiger partial charge is 0.363 e. The Hall–Kier alpha value is -1.30. The molecule has 5 nitrogen and oxygen atoms in total. The quantitative estimate of drug-likeness (QED) is 0.497. The van der Waals surface area contributed by atoms with Gasteiger partial charge in [-0.15, -0.1) is 0 Å². The van der Waals surface area contributed by atoms with Gasteiger partial charge in [-0.1, -0.05) is 20.8 Å². The van der Waals surface area contributed by atoms with E-state index in [-0.39, 0.29) is 10.6 Å². The van der Waals surface area contributed by atoms with E-state index >= 15 is 0 Å². The highest BCUT2D eigenvalue weighted by Crippen LogP contribution is 2.22. The fourth-order valence-corrected chi connectivity index (χ4v) is 1.97. The summed E-state index contributed by atoms with van der Waals surface area (Å²) in [4.78, 5) is 13.6. The number of pyridine rings is 1. The summed E-state index contributed by atoms with van der Waals surface area (Å²) >= 11 is 1.87. The first kappa shape index (κ1) is 13.8. The molecule has 0 atom stereocenters. The average Bonchev–Trinajstić information content (AvgIpc) is 2.24. The molecule has 1 rings (SSSR count). The van der Waals surface area contributed by atoms with Crippen LogP contribution in [0.1, 0.15) is 20.8 Å². The number of hydrogen-bond donors (Lipinski definition) is 1. The van der Waals surface area contributed by atoms with Crippen LogP contribution in [0.25, 0.3) is 0 Å². The average molecular weight is 255 g/mol. The molecule has 0 radical (unpaired) electrons. The Morgan fingerprint density at radius 1 is 1.47 bits per heavy atom. The monoisotopic (exact) mass is 255 g/mol. The van der Waals surface area contributed by atoms with Crippen molar-refractivity contribution in [1.82, 2.24) is 4.98 Å². The maximum Gasteiger partial charge on any atom is 0.363 e. The maximum absolute atomic E-state index is 10.4. The molecule has 0 aliphatic carbocycles. The highest BCUT2D eigenvalue weighted by molar-refractivity contribution is 8.00. The van der Waals surface area contributed by atoms with E-state index < -0.39 is 4.92 Å². The molecule has 0 saturated heterocycles. The number of hydrogen-bond acceptors (Lipinski definition) is 5. The van der Waals surface area contributed by atoms with Crippen LogP contribution in [-0.4, -0.2) is 27.0 Å².